The Morgan fingerprint density at radius 2 is 2.14 bits per heavy atom. The van der Waals surface area contributed by atoms with E-state index in [4.69, 9.17) is 9.73 Å². The highest BCUT2D eigenvalue weighted by molar-refractivity contribution is 6.76. The number of allylic oxidation sites excluding steroid dienone is 1. The van der Waals surface area contributed by atoms with Gasteiger partial charge in [-0.1, -0.05) is 31.8 Å². The monoisotopic (exact) mass is 313 g/mol. The minimum atomic E-state index is -1.01. The van der Waals surface area contributed by atoms with E-state index in [2.05, 4.69) is 41.2 Å². The van der Waals surface area contributed by atoms with Crippen LogP contribution in [0.2, 0.25) is 25.7 Å². The molecule has 3 rings (SSSR count). The van der Waals surface area contributed by atoms with Gasteiger partial charge < -0.3 is 4.74 Å². The van der Waals surface area contributed by atoms with Crippen molar-refractivity contribution in [3.8, 4) is 0 Å². The molecule has 2 aromatic rings. The molecule has 0 saturated carbocycles. The lowest BCUT2D eigenvalue weighted by atomic mass is 10.3. The van der Waals surface area contributed by atoms with E-state index >= 15 is 0 Å². The van der Waals surface area contributed by atoms with Gasteiger partial charge in [-0.3, -0.25) is 9.39 Å². The normalized spacial score (nSPS) is 18.1. The highest BCUT2D eigenvalue weighted by atomic mass is 28.3. The van der Waals surface area contributed by atoms with Crippen LogP contribution in [-0.4, -0.2) is 42.4 Å². The molecule has 3 heterocycles. The summed E-state index contributed by atoms with van der Waals surface area (Å²) in [6.45, 7) is 8.62. The predicted molar refractivity (Wildman–Crippen MR) is 93.6 cm³/mol. The number of nitrogens with zero attached hydrogens (tertiary/aromatic N) is 3. The smallest absolute Gasteiger partial charge is 0.137 e. The molecule has 4 nitrogen and oxygen atoms in total. The van der Waals surface area contributed by atoms with Crippen LogP contribution in [0.15, 0.2) is 47.7 Å². The molecule has 1 unspecified atom stereocenters. The van der Waals surface area contributed by atoms with E-state index in [9.17, 15) is 0 Å². The van der Waals surface area contributed by atoms with Crippen LogP contribution in [0, 0.1) is 0 Å². The van der Waals surface area contributed by atoms with E-state index in [0.29, 0.717) is 6.61 Å². The van der Waals surface area contributed by atoms with Crippen LogP contribution >= 0.6 is 0 Å². The van der Waals surface area contributed by atoms with Crippen molar-refractivity contribution in [2.24, 2.45) is 4.99 Å². The van der Waals surface area contributed by atoms with Crippen molar-refractivity contribution in [3.05, 3.63) is 48.4 Å². The molecule has 0 N–H and O–H groups in total. The van der Waals surface area contributed by atoms with E-state index < -0.39 is 8.07 Å². The fourth-order valence-corrected chi connectivity index (χ4v) is 3.17. The van der Waals surface area contributed by atoms with Crippen LogP contribution in [0.25, 0.3) is 5.65 Å². The maximum absolute atomic E-state index is 5.80. The first-order valence-electron chi connectivity index (χ1n) is 7.79. The first-order chi connectivity index (χ1) is 10.5. The second kappa shape index (κ2) is 6.18. The van der Waals surface area contributed by atoms with Gasteiger partial charge in [0.1, 0.15) is 5.65 Å². The van der Waals surface area contributed by atoms with Crippen LogP contribution in [0.4, 0.5) is 0 Å². The summed E-state index contributed by atoms with van der Waals surface area (Å²) in [4.78, 5) is 9.16. The molecule has 0 aromatic carbocycles. The quantitative estimate of drug-likeness (QED) is 0.605. The topological polar surface area (TPSA) is 38.9 Å². The third-order valence-electron chi connectivity index (χ3n) is 3.75. The van der Waals surface area contributed by atoms with Crippen molar-refractivity contribution >= 4 is 19.4 Å². The number of aromatic nitrogens is 2. The molecule has 0 radical (unpaired) electrons. The van der Waals surface area contributed by atoms with E-state index in [1.54, 1.807) is 0 Å². The molecule has 0 aliphatic carbocycles. The maximum atomic E-state index is 5.80. The molecule has 0 spiro atoms. The summed E-state index contributed by atoms with van der Waals surface area (Å²) in [5.41, 5.74) is 2.97. The summed E-state index contributed by atoms with van der Waals surface area (Å²) in [7, 11) is -1.01. The maximum Gasteiger partial charge on any atom is 0.137 e. The molecule has 22 heavy (non-hydrogen) atoms. The second-order valence-corrected chi connectivity index (χ2v) is 12.5. The molecule has 2 aromatic heterocycles. The number of hydrogen-bond acceptors (Lipinski definition) is 3. The van der Waals surface area contributed by atoms with Gasteiger partial charge in [0.05, 0.1) is 30.3 Å². The molecule has 5 heteroatoms. The standard InChI is InChI=1S/C17H23N3OSi/c1-22(2,3)11-10-21-13-14-7-8-15(19-14)16-12-18-17-6-4-5-9-20(16)17/h4-9,12,14H,10-11,13H2,1-3H3. The van der Waals surface area contributed by atoms with Gasteiger partial charge in [0.25, 0.3) is 0 Å². The highest BCUT2D eigenvalue weighted by Crippen LogP contribution is 2.15. The van der Waals surface area contributed by atoms with Gasteiger partial charge in [-0.15, -0.1) is 0 Å². The summed E-state index contributed by atoms with van der Waals surface area (Å²) in [6.07, 6.45) is 8.09. The molecule has 0 fully saturated rings. The number of imidazole rings is 1. The zero-order valence-electron chi connectivity index (χ0n) is 13.5. The van der Waals surface area contributed by atoms with Gasteiger partial charge in [0.2, 0.25) is 0 Å². The number of pyridine rings is 1. The Morgan fingerprint density at radius 3 is 2.95 bits per heavy atom. The lowest BCUT2D eigenvalue weighted by Crippen LogP contribution is -2.22. The number of aliphatic imine (C=N–C) groups is 1. The van der Waals surface area contributed by atoms with Gasteiger partial charge in [-0.25, -0.2) is 4.98 Å². The van der Waals surface area contributed by atoms with E-state index in [0.717, 1.165) is 23.7 Å². The largest absolute Gasteiger partial charge is 0.379 e. The summed E-state index contributed by atoms with van der Waals surface area (Å²) >= 11 is 0. The van der Waals surface area contributed by atoms with Crippen LogP contribution < -0.4 is 0 Å². The Labute approximate surface area is 132 Å². The van der Waals surface area contributed by atoms with Crippen LogP contribution in [0.3, 0.4) is 0 Å². The fourth-order valence-electron chi connectivity index (χ4n) is 2.42. The van der Waals surface area contributed by atoms with E-state index in [-0.39, 0.29) is 6.04 Å². The molecule has 1 aliphatic rings. The summed E-state index contributed by atoms with van der Waals surface area (Å²) in [5, 5.41) is 0. The molecular weight excluding hydrogens is 290 g/mol. The number of fused-ring (bicyclic) bond motifs is 1. The average Bonchev–Trinajstić information content (AvgIpc) is 3.09. The van der Waals surface area contributed by atoms with Crippen molar-refractivity contribution in [3.63, 3.8) is 0 Å². The third-order valence-corrected chi connectivity index (χ3v) is 5.45. The number of ether oxygens (including phenoxy) is 1. The predicted octanol–water partition coefficient (Wildman–Crippen LogP) is 3.42. The van der Waals surface area contributed by atoms with Gasteiger partial charge in [-0.2, -0.15) is 0 Å². The Hall–Kier alpha value is -1.72. The summed E-state index contributed by atoms with van der Waals surface area (Å²) in [5.74, 6) is 0. The lowest BCUT2D eigenvalue weighted by Gasteiger charge is -2.15. The molecule has 0 saturated heterocycles. The van der Waals surface area contributed by atoms with Gasteiger partial charge in [-0.05, 0) is 24.3 Å². The fraction of sp³-hybridized carbons (Fsp3) is 0.412. The minimum Gasteiger partial charge on any atom is -0.379 e. The zero-order valence-corrected chi connectivity index (χ0v) is 14.5. The molecule has 1 aliphatic heterocycles. The molecule has 1 atom stereocenters. The number of rotatable bonds is 6. The van der Waals surface area contributed by atoms with E-state index in [1.165, 1.54) is 6.04 Å². The van der Waals surface area contributed by atoms with Crippen LogP contribution in [0.1, 0.15) is 5.69 Å². The zero-order chi connectivity index (χ0) is 15.6. The Balaban J connectivity index is 1.62. The second-order valence-electron chi connectivity index (χ2n) is 6.90. The minimum absolute atomic E-state index is 0.130. The van der Waals surface area contributed by atoms with E-state index in [1.807, 2.05) is 30.6 Å². The first-order valence-corrected chi connectivity index (χ1v) is 11.5. The molecular formula is C17H23N3OSi. The van der Waals surface area contributed by atoms with Crippen LogP contribution in [0.5, 0.6) is 0 Å². The SMILES string of the molecule is C[Si](C)(C)CCOCC1C=CC(c2cnc3ccccn23)=N1. The lowest BCUT2D eigenvalue weighted by molar-refractivity contribution is 0.143. The number of hydrogen-bond donors (Lipinski definition) is 0. The van der Waals surface area contributed by atoms with Gasteiger partial charge in [0.15, 0.2) is 0 Å². The highest BCUT2D eigenvalue weighted by Gasteiger charge is 2.17. The first kappa shape index (κ1) is 15.2. The van der Waals surface area contributed by atoms with Crippen molar-refractivity contribution < 1.29 is 4.74 Å². The van der Waals surface area contributed by atoms with Gasteiger partial charge >= 0.3 is 0 Å². The van der Waals surface area contributed by atoms with Crippen molar-refractivity contribution in [2.45, 2.75) is 31.7 Å². The van der Waals surface area contributed by atoms with Crippen molar-refractivity contribution in [1.82, 2.24) is 9.38 Å². The molecule has 0 amide bonds. The Morgan fingerprint density at radius 1 is 1.27 bits per heavy atom. The van der Waals surface area contributed by atoms with Crippen LogP contribution in [-0.2, 0) is 4.74 Å². The summed E-state index contributed by atoms with van der Waals surface area (Å²) < 4.78 is 7.87. The summed E-state index contributed by atoms with van der Waals surface area (Å²) in [6, 6.07) is 7.33. The van der Waals surface area contributed by atoms with Crippen molar-refractivity contribution in [2.75, 3.05) is 13.2 Å². The molecule has 0 bridgehead atoms. The molecule has 116 valence electrons. The van der Waals surface area contributed by atoms with Crippen molar-refractivity contribution in [1.29, 1.82) is 0 Å². The Kier molecular flexibility index (Phi) is 4.27. The Bertz CT molecular complexity index is 712. The average molecular weight is 313 g/mol. The van der Waals surface area contributed by atoms with Gasteiger partial charge in [0, 0.05) is 20.9 Å². The third kappa shape index (κ3) is 3.54.